The van der Waals surface area contributed by atoms with Crippen LogP contribution in [0, 0.1) is 25.5 Å². The van der Waals surface area contributed by atoms with Crippen molar-refractivity contribution in [3.8, 4) is 11.5 Å². The van der Waals surface area contributed by atoms with Gasteiger partial charge in [0.05, 0.1) is 12.2 Å². The van der Waals surface area contributed by atoms with E-state index in [0.717, 1.165) is 23.3 Å². The van der Waals surface area contributed by atoms with Gasteiger partial charge < -0.3 is 15.5 Å². The number of aryl methyl sites for hydroxylation is 2. The van der Waals surface area contributed by atoms with Crippen LogP contribution in [0.2, 0.25) is 0 Å². The molecule has 2 aromatic heterocycles. The summed E-state index contributed by atoms with van der Waals surface area (Å²) < 4.78 is 33.8. The largest absolute Gasteiger partial charge is 0.441 e. The van der Waals surface area contributed by atoms with Gasteiger partial charge in [0.25, 0.3) is 5.91 Å². The summed E-state index contributed by atoms with van der Waals surface area (Å²) in [5.74, 6) is -1.44. The average molecular weight is 424 g/mol. The number of oxazole rings is 1. The summed E-state index contributed by atoms with van der Waals surface area (Å²) in [4.78, 5) is 16.9. The van der Waals surface area contributed by atoms with Crippen LogP contribution in [0.1, 0.15) is 27.5 Å². The fraction of sp³-hybridized carbons (Fsp3) is 0.143. The molecule has 0 bridgehead atoms. The average Bonchev–Trinajstić information content (AvgIpc) is 3.28. The Hall–Kier alpha value is -4.08. The van der Waals surface area contributed by atoms with Crippen LogP contribution in [0.25, 0.3) is 11.5 Å². The Balaban J connectivity index is 1.53. The number of aromatic nitrogens is 4. The Morgan fingerprint density at radius 2 is 1.90 bits per heavy atom. The second kappa shape index (κ2) is 7.98. The number of anilines is 2. The van der Waals surface area contributed by atoms with Crippen LogP contribution in [-0.4, -0.2) is 25.9 Å². The summed E-state index contributed by atoms with van der Waals surface area (Å²) in [6.07, 6.45) is 0. The first-order valence-corrected chi connectivity index (χ1v) is 9.30. The Morgan fingerprint density at radius 1 is 1.16 bits per heavy atom. The predicted octanol–water partition coefficient (Wildman–Crippen LogP) is 3.71. The van der Waals surface area contributed by atoms with Crippen molar-refractivity contribution in [2.75, 3.05) is 11.1 Å². The summed E-state index contributed by atoms with van der Waals surface area (Å²) in [6.45, 7) is 3.87. The number of amides is 1. The van der Waals surface area contributed by atoms with Crippen LogP contribution in [0.15, 0.2) is 46.9 Å². The van der Waals surface area contributed by atoms with Crippen molar-refractivity contribution in [1.82, 2.24) is 20.0 Å². The zero-order chi connectivity index (χ0) is 22.1. The van der Waals surface area contributed by atoms with Gasteiger partial charge in [-0.25, -0.2) is 18.4 Å². The highest BCUT2D eigenvalue weighted by Crippen LogP contribution is 2.23. The number of rotatable bonds is 5. The first-order chi connectivity index (χ1) is 14.8. The molecule has 0 aliphatic heterocycles. The van der Waals surface area contributed by atoms with Crippen LogP contribution in [-0.2, 0) is 6.54 Å². The van der Waals surface area contributed by atoms with Gasteiger partial charge in [0.15, 0.2) is 11.5 Å². The van der Waals surface area contributed by atoms with Crippen LogP contribution in [0.3, 0.4) is 0 Å². The van der Waals surface area contributed by atoms with E-state index in [1.54, 1.807) is 6.92 Å². The predicted molar refractivity (Wildman–Crippen MR) is 109 cm³/mol. The first-order valence-electron chi connectivity index (χ1n) is 9.30. The first kappa shape index (κ1) is 20.2. The molecule has 31 heavy (non-hydrogen) atoms. The van der Waals surface area contributed by atoms with E-state index in [9.17, 15) is 13.6 Å². The third kappa shape index (κ3) is 4.13. The Kier molecular flexibility index (Phi) is 5.20. The number of carbonyl (C=O) groups excluding carboxylic acids is 1. The van der Waals surface area contributed by atoms with Crippen molar-refractivity contribution in [2.24, 2.45) is 0 Å². The third-order valence-electron chi connectivity index (χ3n) is 4.66. The van der Waals surface area contributed by atoms with Crippen LogP contribution in [0.4, 0.5) is 20.3 Å². The number of benzene rings is 2. The molecule has 4 rings (SSSR count). The van der Waals surface area contributed by atoms with Gasteiger partial charge in [-0.15, -0.1) is 5.10 Å². The highest BCUT2D eigenvalue weighted by molar-refractivity contribution is 6.05. The van der Waals surface area contributed by atoms with Crippen molar-refractivity contribution >= 4 is 17.4 Å². The smallest absolute Gasteiger partial charge is 0.280 e. The number of nitrogens with zero attached hydrogens (tertiary/aromatic N) is 4. The molecule has 3 N–H and O–H groups in total. The van der Waals surface area contributed by atoms with Gasteiger partial charge in [-0.2, -0.15) is 0 Å². The minimum atomic E-state index is -0.916. The number of halogens is 2. The van der Waals surface area contributed by atoms with Gasteiger partial charge in [0.1, 0.15) is 23.1 Å². The van der Waals surface area contributed by atoms with Gasteiger partial charge in [-0.3, -0.25) is 4.79 Å². The molecule has 2 aromatic carbocycles. The van der Waals surface area contributed by atoms with E-state index in [1.165, 1.54) is 4.68 Å². The summed E-state index contributed by atoms with van der Waals surface area (Å²) >= 11 is 0. The summed E-state index contributed by atoms with van der Waals surface area (Å²) in [6, 6.07) is 10.5. The molecule has 0 aliphatic carbocycles. The van der Waals surface area contributed by atoms with Crippen molar-refractivity contribution < 1.29 is 18.0 Å². The van der Waals surface area contributed by atoms with Crippen LogP contribution >= 0.6 is 0 Å². The Labute approximate surface area is 175 Å². The lowest BCUT2D eigenvalue weighted by atomic mass is 10.1. The normalized spacial score (nSPS) is 11.0. The monoisotopic (exact) mass is 424 g/mol. The molecular formula is C21H18F2N6O2. The van der Waals surface area contributed by atoms with E-state index in [1.807, 2.05) is 31.2 Å². The standard InChI is InChI=1S/C21H18F2N6O2/c1-11-3-5-13(6-4-11)21-26-17(12(2)31-21)10-29-19(24)18(27-28-29)20(30)25-16-8-7-14(22)9-15(16)23/h3-9H,10,24H2,1-2H3,(H,25,30). The minimum absolute atomic E-state index is 0.0284. The van der Waals surface area contributed by atoms with Crippen molar-refractivity contribution in [3.63, 3.8) is 0 Å². The Morgan fingerprint density at radius 3 is 2.61 bits per heavy atom. The lowest BCUT2D eigenvalue weighted by molar-refractivity contribution is 0.102. The Bertz CT molecular complexity index is 1260. The van der Waals surface area contributed by atoms with Crippen molar-refractivity contribution in [2.45, 2.75) is 20.4 Å². The number of nitrogens with one attached hydrogen (secondary N) is 1. The third-order valence-corrected chi connectivity index (χ3v) is 4.66. The van der Waals surface area contributed by atoms with Crippen molar-refractivity contribution in [1.29, 1.82) is 0 Å². The molecular weight excluding hydrogens is 406 g/mol. The topological polar surface area (TPSA) is 112 Å². The second-order valence-corrected chi connectivity index (χ2v) is 6.95. The molecule has 2 heterocycles. The second-order valence-electron chi connectivity index (χ2n) is 6.95. The van der Waals surface area contributed by atoms with E-state index in [4.69, 9.17) is 10.2 Å². The van der Waals surface area contributed by atoms with E-state index < -0.39 is 17.5 Å². The number of hydrogen-bond donors (Lipinski definition) is 2. The lowest BCUT2D eigenvalue weighted by Crippen LogP contribution is -2.16. The molecule has 0 saturated carbocycles. The van der Waals surface area contributed by atoms with Gasteiger partial charge in [-0.05, 0) is 38.1 Å². The highest BCUT2D eigenvalue weighted by atomic mass is 19.1. The highest BCUT2D eigenvalue weighted by Gasteiger charge is 2.21. The van der Waals surface area contributed by atoms with Crippen LogP contribution < -0.4 is 11.1 Å². The van der Waals surface area contributed by atoms with Crippen LogP contribution in [0.5, 0.6) is 0 Å². The van der Waals surface area contributed by atoms with E-state index in [2.05, 4.69) is 20.6 Å². The molecule has 0 fully saturated rings. The molecule has 158 valence electrons. The number of hydrogen-bond acceptors (Lipinski definition) is 6. The number of carbonyl (C=O) groups is 1. The summed E-state index contributed by atoms with van der Waals surface area (Å²) in [7, 11) is 0. The maximum Gasteiger partial charge on any atom is 0.280 e. The molecule has 10 heteroatoms. The number of nitrogens with two attached hydrogens (primary N) is 1. The molecule has 0 radical (unpaired) electrons. The molecule has 0 spiro atoms. The van der Waals surface area contributed by atoms with E-state index >= 15 is 0 Å². The molecule has 0 atom stereocenters. The van der Waals surface area contributed by atoms with Gasteiger partial charge >= 0.3 is 0 Å². The maximum absolute atomic E-state index is 13.8. The quantitative estimate of drug-likeness (QED) is 0.505. The van der Waals surface area contributed by atoms with Crippen molar-refractivity contribution in [3.05, 3.63) is 76.8 Å². The minimum Gasteiger partial charge on any atom is -0.441 e. The summed E-state index contributed by atoms with van der Waals surface area (Å²) in [5.41, 5.74) is 8.15. The lowest BCUT2D eigenvalue weighted by Gasteiger charge is -2.05. The van der Waals surface area contributed by atoms with E-state index in [-0.39, 0.29) is 23.7 Å². The molecule has 1 amide bonds. The fourth-order valence-electron chi connectivity index (χ4n) is 2.91. The molecule has 4 aromatic rings. The SMILES string of the molecule is Cc1ccc(-c2nc(Cn3nnc(C(=O)Nc4ccc(F)cc4F)c3N)c(C)o2)cc1. The molecule has 0 aliphatic rings. The molecule has 0 unspecified atom stereocenters. The summed E-state index contributed by atoms with van der Waals surface area (Å²) in [5, 5.41) is 9.97. The fourth-order valence-corrected chi connectivity index (χ4v) is 2.91. The van der Waals surface area contributed by atoms with Gasteiger partial charge in [0, 0.05) is 11.6 Å². The number of nitrogen functional groups attached to an aromatic ring is 1. The maximum atomic E-state index is 13.8. The van der Waals surface area contributed by atoms with E-state index in [0.29, 0.717) is 23.4 Å². The zero-order valence-corrected chi connectivity index (χ0v) is 16.7. The van der Waals surface area contributed by atoms with Gasteiger partial charge in [-0.1, -0.05) is 22.9 Å². The molecule has 8 nitrogen and oxygen atoms in total. The zero-order valence-electron chi connectivity index (χ0n) is 16.7. The van der Waals surface area contributed by atoms with Gasteiger partial charge in [0.2, 0.25) is 5.89 Å². The molecule has 0 saturated heterocycles.